The summed E-state index contributed by atoms with van der Waals surface area (Å²) in [6.45, 7) is 3.78. The molecule has 2 unspecified atom stereocenters. The highest BCUT2D eigenvalue weighted by molar-refractivity contribution is 5.93. The molecule has 2 atom stereocenters. The van der Waals surface area contributed by atoms with E-state index in [4.69, 9.17) is 11.1 Å². The Morgan fingerprint density at radius 1 is 1.40 bits per heavy atom. The molecule has 2 aliphatic rings. The maximum Gasteiger partial charge on any atom is 0.250 e. The molecule has 7 heteroatoms. The van der Waals surface area contributed by atoms with Gasteiger partial charge in [0.1, 0.15) is 12.0 Å². The molecule has 0 aromatic heterocycles. The third kappa shape index (κ3) is 2.51. The summed E-state index contributed by atoms with van der Waals surface area (Å²) in [4.78, 5) is 15.2. The number of alkyl halides is 2. The number of hydrogen-bond donors (Lipinski definition) is 2. The molecule has 1 amide bonds. The lowest BCUT2D eigenvalue weighted by molar-refractivity contribution is -0.139. The molecule has 0 aromatic carbocycles. The maximum atomic E-state index is 13.4. The number of nitrogens with one attached hydrogen (secondary N) is 1. The zero-order chi connectivity index (χ0) is 15.3. The van der Waals surface area contributed by atoms with Crippen molar-refractivity contribution in [1.82, 2.24) is 9.80 Å². The van der Waals surface area contributed by atoms with Crippen molar-refractivity contribution >= 4 is 11.7 Å². The quantitative estimate of drug-likeness (QED) is 0.762. The summed E-state index contributed by atoms with van der Waals surface area (Å²) in [6.07, 6.45) is -0.980. The van der Waals surface area contributed by atoms with Crippen LogP contribution in [0.25, 0.3) is 0 Å². The molecular formula is C13H22F2N4O. The Hall–Kier alpha value is -1.24. The Morgan fingerprint density at radius 2 is 2.00 bits per heavy atom. The van der Waals surface area contributed by atoms with Crippen molar-refractivity contribution in [3.63, 3.8) is 0 Å². The van der Waals surface area contributed by atoms with Gasteiger partial charge < -0.3 is 15.5 Å². The second-order valence-corrected chi connectivity index (χ2v) is 6.51. The van der Waals surface area contributed by atoms with E-state index in [0.717, 1.165) is 0 Å². The summed E-state index contributed by atoms with van der Waals surface area (Å²) in [5, 5.41) is 8.15. The molecular weight excluding hydrogens is 266 g/mol. The van der Waals surface area contributed by atoms with Crippen LogP contribution in [0.15, 0.2) is 0 Å². The first-order chi connectivity index (χ1) is 9.05. The van der Waals surface area contributed by atoms with Crippen LogP contribution in [-0.2, 0) is 4.79 Å². The normalized spacial score (nSPS) is 33.5. The smallest absolute Gasteiger partial charge is 0.250 e. The molecule has 1 heterocycles. The average molecular weight is 288 g/mol. The molecule has 0 aromatic rings. The lowest BCUT2D eigenvalue weighted by atomic mass is 9.91. The standard InChI is InChI=1S/C13H22F2N4O/c1-12(2)7-19(8-4-5-13(14,15)6-8)10(17)9(16)18(3)11(12)20/h8-9,17H,4-7,16H2,1-3H3. The van der Waals surface area contributed by atoms with Crippen LogP contribution in [0.5, 0.6) is 0 Å². The Kier molecular flexibility index (Phi) is 3.52. The maximum absolute atomic E-state index is 13.4. The van der Waals surface area contributed by atoms with Crippen LogP contribution in [0.3, 0.4) is 0 Å². The molecule has 0 radical (unpaired) electrons. The first-order valence-electron chi connectivity index (χ1n) is 6.81. The lowest BCUT2D eigenvalue weighted by Gasteiger charge is -2.34. The SMILES string of the molecule is CN1C(=O)C(C)(C)CN(C2CCC(F)(F)C2)C(=N)C1N. The minimum Gasteiger partial charge on any atom is -0.353 e. The highest BCUT2D eigenvalue weighted by Crippen LogP contribution is 2.39. The fourth-order valence-corrected chi connectivity index (χ4v) is 3.05. The van der Waals surface area contributed by atoms with Gasteiger partial charge in [0.2, 0.25) is 11.8 Å². The number of hydrogen-bond acceptors (Lipinski definition) is 3. The molecule has 20 heavy (non-hydrogen) atoms. The number of likely N-dealkylation sites (N-methyl/N-ethyl adjacent to an activating group) is 1. The summed E-state index contributed by atoms with van der Waals surface area (Å²) in [5.41, 5.74) is 5.17. The van der Waals surface area contributed by atoms with Gasteiger partial charge in [-0.3, -0.25) is 10.2 Å². The van der Waals surface area contributed by atoms with Crippen molar-refractivity contribution in [3.8, 4) is 0 Å². The predicted octanol–water partition coefficient (Wildman–Crippen LogP) is 1.24. The summed E-state index contributed by atoms with van der Waals surface area (Å²) in [7, 11) is 1.55. The molecule has 1 saturated carbocycles. The lowest BCUT2D eigenvalue weighted by Crippen LogP contribution is -2.53. The minimum absolute atomic E-state index is 0.0501. The van der Waals surface area contributed by atoms with E-state index in [9.17, 15) is 13.6 Å². The third-order valence-corrected chi connectivity index (χ3v) is 4.29. The van der Waals surface area contributed by atoms with Crippen LogP contribution in [0.1, 0.15) is 33.1 Å². The number of nitrogens with zero attached hydrogens (tertiary/aromatic N) is 2. The summed E-state index contributed by atoms with van der Waals surface area (Å²) < 4.78 is 26.8. The second-order valence-electron chi connectivity index (χ2n) is 6.51. The van der Waals surface area contributed by atoms with Crippen LogP contribution >= 0.6 is 0 Å². The van der Waals surface area contributed by atoms with Gasteiger partial charge in [-0.1, -0.05) is 0 Å². The Labute approximate surface area is 117 Å². The highest BCUT2D eigenvalue weighted by Gasteiger charge is 2.47. The number of amidine groups is 1. The molecule has 5 nitrogen and oxygen atoms in total. The van der Waals surface area contributed by atoms with E-state index in [-0.39, 0.29) is 31.1 Å². The molecule has 0 bridgehead atoms. The number of nitrogens with two attached hydrogens (primary N) is 1. The number of amides is 1. The van der Waals surface area contributed by atoms with Crippen molar-refractivity contribution in [3.05, 3.63) is 0 Å². The zero-order valence-corrected chi connectivity index (χ0v) is 12.1. The van der Waals surface area contributed by atoms with Crippen molar-refractivity contribution in [1.29, 1.82) is 5.41 Å². The minimum atomic E-state index is -2.68. The Bertz CT molecular complexity index is 438. The molecule has 1 aliphatic heterocycles. The number of carbonyl (C=O) groups is 1. The second kappa shape index (κ2) is 4.65. The topological polar surface area (TPSA) is 73.4 Å². The molecule has 2 rings (SSSR count). The average Bonchev–Trinajstić information content (AvgIpc) is 2.70. The van der Waals surface area contributed by atoms with Gasteiger partial charge in [0.15, 0.2) is 0 Å². The monoisotopic (exact) mass is 288 g/mol. The number of halogens is 2. The number of rotatable bonds is 1. The Morgan fingerprint density at radius 3 is 2.50 bits per heavy atom. The van der Waals surface area contributed by atoms with Gasteiger partial charge in [-0.15, -0.1) is 0 Å². The van der Waals surface area contributed by atoms with Crippen molar-refractivity contribution < 1.29 is 13.6 Å². The van der Waals surface area contributed by atoms with Gasteiger partial charge in [0.05, 0.1) is 5.41 Å². The third-order valence-electron chi connectivity index (χ3n) is 4.29. The van der Waals surface area contributed by atoms with Gasteiger partial charge in [0.25, 0.3) is 0 Å². The van der Waals surface area contributed by atoms with E-state index in [1.54, 1.807) is 25.8 Å². The molecule has 3 N–H and O–H groups in total. The molecule has 1 aliphatic carbocycles. The summed E-state index contributed by atoms with van der Waals surface area (Å²) >= 11 is 0. The van der Waals surface area contributed by atoms with Gasteiger partial charge in [-0.2, -0.15) is 0 Å². The van der Waals surface area contributed by atoms with Gasteiger partial charge >= 0.3 is 0 Å². The van der Waals surface area contributed by atoms with Crippen molar-refractivity contribution in [2.45, 2.75) is 51.2 Å². The molecule has 114 valence electrons. The van der Waals surface area contributed by atoms with E-state index in [2.05, 4.69) is 0 Å². The first-order valence-corrected chi connectivity index (χ1v) is 6.81. The fourth-order valence-electron chi connectivity index (χ4n) is 3.05. The van der Waals surface area contributed by atoms with E-state index < -0.39 is 23.5 Å². The van der Waals surface area contributed by atoms with Crippen LogP contribution in [0.4, 0.5) is 8.78 Å². The van der Waals surface area contributed by atoms with Crippen molar-refractivity contribution in [2.75, 3.05) is 13.6 Å². The Balaban J connectivity index is 2.28. The predicted molar refractivity (Wildman–Crippen MR) is 71.5 cm³/mol. The fraction of sp³-hybridized carbons (Fsp3) is 0.846. The summed E-state index contributed by atoms with van der Waals surface area (Å²) in [5.74, 6) is -2.79. The van der Waals surface area contributed by atoms with Gasteiger partial charge in [-0.25, -0.2) is 8.78 Å². The van der Waals surface area contributed by atoms with E-state index in [0.29, 0.717) is 6.42 Å². The molecule has 1 saturated heterocycles. The first kappa shape index (κ1) is 15.2. The molecule has 0 spiro atoms. The zero-order valence-electron chi connectivity index (χ0n) is 12.1. The van der Waals surface area contributed by atoms with Crippen LogP contribution < -0.4 is 5.73 Å². The van der Waals surface area contributed by atoms with Crippen LogP contribution in [0.2, 0.25) is 0 Å². The largest absolute Gasteiger partial charge is 0.353 e. The van der Waals surface area contributed by atoms with E-state index in [1.165, 1.54) is 4.90 Å². The van der Waals surface area contributed by atoms with Gasteiger partial charge in [0, 0.05) is 32.5 Å². The molecule has 2 fully saturated rings. The summed E-state index contributed by atoms with van der Waals surface area (Å²) in [6, 6.07) is -0.415. The van der Waals surface area contributed by atoms with Crippen LogP contribution in [0, 0.1) is 10.8 Å². The van der Waals surface area contributed by atoms with Crippen LogP contribution in [-0.4, -0.2) is 53.3 Å². The van der Waals surface area contributed by atoms with E-state index >= 15 is 0 Å². The van der Waals surface area contributed by atoms with E-state index in [1.807, 2.05) is 0 Å². The van der Waals surface area contributed by atoms with Gasteiger partial charge in [-0.05, 0) is 20.3 Å². The highest BCUT2D eigenvalue weighted by atomic mass is 19.3. The number of carbonyl (C=O) groups excluding carboxylic acids is 1. The van der Waals surface area contributed by atoms with Crippen molar-refractivity contribution in [2.24, 2.45) is 11.1 Å².